The van der Waals surface area contributed by atoms with Crippen LogP contribution in [0.1, 0.15) is 41.6 Å². The Hall–Kier alpha value is -3.24. The molecule has 0 radical (unpaired) electrons. The number of hydrogen-bond donors (Lipinski definition) is 1. The van der Waals surface area contributed by atoms with Crippen LogP contribution in [0.4, 0.5) is 5.82 Å². The number of aliphatic carboxylic acids is 1. The van der Waals surface area contributed by atoms with Crippen LogP contribution in [0.5, 0.6) is 0 Å². The van der Waals surface area contributed by atoms with Gasteiger partial charge in [0.15, 0.2) is 0 Å². The minimum Gasteiger partial charge on any atom is -0.478 e. The number of nitrogens with zero attached hydrogens (tertiary/aromatic N) is 5. The highest BCUT2D eigenvalue weighted by atomic mass is 35.5. The SMILES string of the molecule is CC(C)c1csc(CCc2ccn3c(=O)c(C=CC(=O)O)c(N4CCN(C(=O)CCl)CC4)nc3c2)n1. The van der Waals surface area contributed by atoms with E-state index in [1.54, 1.807) is 22.4 Å². The van der Waals surface area contributed by atoms with Crippen molar-refractivity contribution in [1.29, 1.82) is 0 Å². The van der Waals surface area contributed by atoms with Gasteiger partial charge in [-0.05, 0) is 36.1 Å². The monoisotopic (exact) mass is 529 g/mol. The topological polar surface area (TPSA) is 108 Å². The normalized spacial score (nSPS) is 14.3. The van der Waals surface area contributed by atoms with Gasteiger partial charge in [0, 0.05) is 50.3 Å². The van der Waals surface area contributed by atoms with Gasteiger partial charge in [-0.15, -0.1) is 22.9 Å². The van der Waals surface area contributed by atoms with E-state index in [-0.39, 0.29) is 22.9 Å². The molecule has 1 fully saturated rings. The molecular weight excluding hydrogens is 502 g/mol. The van der Waals surface area contributed by atoms with Crippen LogP contribution in [-0.2, 0) is 22.4 Å². The summed E-state index contributed by atoms with van der Waals surface area (Å²) in [5.41, 5.74) is 2.46. The van der Waals surface area contributed by atoms with E-state index in [1.165, 1.54) is 10.5 Å². The lowest BCUT2D eigenvalue weighted by molar-refractivity contribution is -0.131. The Labute approximate surface area is 217 Å². The van der Waals surface area contributed by atoms with Crippen molar-refractivity contribution in [1.82, 2.24) is 19.3 Å². The minimum atomic E-state index is -1.15. The molecule has 4 rings (SSSR count). The molecule has 0 aliphatic carbocycles. The molecule has 0 saturated carbocycles. The molecule has 190 valence electrons. The molecule has 0 bridgehead atoms. The molecule has 1 N–H and O–H groups in total. The maximum absolute atomic E-state index is 13.3. The second kappa shape index (κ2) is 11.2. The number of pyridine rings is 1. The average molecular weight is 530 g/mol. The summed E-state index contributed by atoms with van der Waals surface area (Å²) in [5, 5.41) is 12.3. The zero-order valence-corrected chi connectivity index (χ0v) is 21.8. The van der Waals surface area contributed by atoms with E-state index in [2.05, 4.69) is 19.2 Å². The summed E-state index contributed by atoms with van der Waals surface area (Å²) in [5.74, 6) is -0.566. The number of fused-ring (bicyclic) bond motifs is 1. The molecule has 0 unspecified atom stereocenters. The first-order valence-electron chi connectivity index (χ1n) is 11.8. The van der Waals surface area contributed by atoms with E-state index < -0.39 is 5.97 Å². The van der Waals surface area contributed by atoms with Crippen molar-refractivity contribution in [3.05, 3.63) is 62.0 Å². The summed E-state index contributed by atoms with van der Waals surface area (Å²) in [6, 6.07) is 3.77. The fourth-order valence-electron chi connectivity index (χ4n) is 4.09. The first kappa shape index (κ1) is 25.8. The maximum Gasteiger partial charge on any atom is 0.328 e. The zero-order chi connectivity index (χ0) is 25.8. The fourth-order valence-corrected chi connectivity index (χ4v) is 5.22. The lowest BCUT2D eigenvalue weighted by Gasteiger charge is -2.35. The molecule has 1 saturated heterocycles. The van der Waals surface area contributed by atoms with Crippen molar-refractivity contribution >= 4 is 52.4 Å². The average Bonchev–Trinajstić information content (AvgIpc) is 3.36. The third-order valence-electron chi connectivity index (χ3n) is 6.14. The van der Waals surface area contributed by atoms with Crippen LogP contribution in [0.25, 0.3) is 11.7 Å². The van der Waals surface area contributed by atoms with Gasteiger partial charge >= 0.3 is 5.97 Å². The van der Waals surface area contributed by atoms with Crippen LogP contribution in [0.15, 0.2) is 34.6 Å². The molecule has 3 aromatic rings. The van der Waals surface area contributed by atoms with Crippen LogP contribution in [0, 0.1) is 0 Å². The summed E-state index contributed by atoms with van der Waals surface area (Å²) in [7, 11) is 0. The molecule has 1 amide bonds. The Morgan fingerprint density at radius 1 is 1.19 bits per heavy atom. The van der Waals surface area contributed by atoms with Crippen molar-refractivity contribution in [3.63, 3.8) is 0 Å². The van der Waals surface area contributed by atoms with Gasteiger partial charge in [-0.3, -0.25) is 14.0 Å². The van der Waals surface area contributed by atoms with Crippen molar-refractivity contribution in [3.8, 4) is 0 Å². The largest absolute Gasteiger partial charge is 0.478 e. The lowest BCUT2D eigenvalue weighted by atomic mass is 10.1. The molecule has 9 nitrogen and oxygen atoms in total. The number of amides is 1. The van der Waals surface area contributed by atoms with E-state index in [4.69, 9.17) is 26.7 Å². The first-order chi connectivity index (χ1) is 17.3. The van der Waals surface area contributed by atoms with E-state index in [0.29, 0.717) is 43.6 Å². The zero-order valence-electron chi connectivity index (χ0n) is 20.2. The Morgan fingerprint density at radius 3 is 2.58 bits per heavy atom. The number of carbonyl (C=O) groups is 2. The van der Waals surface area contributed by atoms with E-state index in [1.807, 2.05) is 17.0 Å². The Morgan fingerprint density at radius 2 is 1.94 bits per heavy atom. The number of piperazine rings is 1. The predicted molar refractivity (Wildman–Crippen MR) is 141 cm³/mol. The van der Waals surface area contributed by atoms with Crippen LogP contribution < -0.4 is 10.5 Å². The van der Waals surface area contributed by atoms with Gasteiger partial charge in [0.05, 0.1) is 16.3 Å². The molecule has 0 atom stereocenters. The van der Waals surface area contributed by atoms with E-state index >= 15 is 0 Å². The third-order valence-corrected chi connectivity index (χ3v) is 7.29. The summed E-state index contributed by atoms with van der Waals surface area (Å²) in [4.78, 5) is 49.5. The summed E-state index contributed by atoms with van der Waals surface area (Å²) >= 11 is 7.34. The standard InChI is InChI=1S/C25H28ClN5O4S/c1-16(2)19-15-36-21(27-19)5-3-17-7-8-31-20(13-17)28-24(18(25(31)35)4-6-23(33)34)30-11-9-29(10-12-30)22(32)14-26/h4,6-8,13,15-16H,3,5,9-12,14H2,1-2H3,(H,33,34). The van der Waals surface area contributed by atoms with Crippen LogP contribution in [-0.4, -0.2) is 68.3 Å². The number of aromatic nitrogens is 3. The maximum atomic E-state index is 13.3. The number of carboxylic acids is 1. The van der Waals surface area contributed by atoms with Crippen molar-refractivity contribution in [2.45, 2.75) is 32.6 Å². The van der Waals surface area contributed by atoms with Gasteiger partial charge < -0.3 is 14.9 Å². The predicted octanol–water partition coefficient (Wildman–Crippen LogP) is 3.04. The first-order valence-corrected chi connectivity index (χ1v) is 13.2. The van der Waals surface area contributed by atoms with E-state index in [0.717, 1.165) is 35.2 Å². The second-order valence-electron chi connectivity index (χ2n) is 8.91. The van der Waals surface area contributed by atoms with Crippen LogP contribution >= 0.6 is 22.9 Å². The Kier molecular flexibility index (Phi) is 8.05. The molecular formula is C25H28ClN5O4S. The molecule has 0 spiro atoms. The quantitative estimate of drug-likeness (QED) is 0.353. The number of halogens is 1. The number of thiazole rings is 1. The van der Waals surface area contributed by atoms with Gasteiger partial charge in [0.2, 0.25) is 5.91 Å². The molecule has 1 aliphatic rings. The highest BCUT2D eigenvalue weighted by molar-refractivity contribution is 7.09. The van der Waals surface area contributed by atoms with Crippen LogP contribution in [0.3, 0.4) is 0 Å². The Bertz CT molecular complexity index is 1360. The van der Waals surface area contributed by atoms with Gasteiger partial charge in [0.25, 0.3) is 5.56 Å². The third kappa shape index (κ3) is 5.76. The number of hydrogen-bond acceptors (Lipinski definition) is 7. The van der Waals surface area contributed by atoms with Gasteiger partial charge in [-0.25, -0.2) is 14.8 Å². The number of alkyl halides is 1. The molecule has 11 heteroatoms. The number of carbonyl (C=O) groups excluding carboxylic acids is 1. The van der Waals surface area contributed by atoms with Gasteiger partial charge in [0.1, 0.15) is 17.3 Å². The Balaban J connectivity index is 1.64. The molecule has 0 aromatic carbocycles. The highest BCUT2D eigenvalue weighted by Crippen LogP contribution is 2.22. The van der Waals surface area contributed by atoms with Crippen LogP contribution in [0.2, 0.25) is 0 Å². The summed E-state index contributed by atoms with van der Waals surface area (Å²) in [6.45, 7) is 6.06. The number of aryl methyl sites for hydroxylation is 2. The fraction of sp³-hybridized carbons (Fsp3) is 0.400. The van der Waals surface area contributed by atoms with Gasteiger partial charge in [-0.2, -0.15) is 0 Å². The number of rotatable bonds is 8. The second-order valence-corrected chi connectivity index (χ2v) is 10.1. The minimum absolute atomic E-state index is 0.0786. The summed E-state index contributed by atoms with van der Waals surface area (Å²) < 4.78 is 1.43. The van der Waals surface area contributed by atoms with E-state index in [9.17, 15) is 14.4 Å². The highest BCUT2D eigenvalue weighted by Gasteiger charge is 2.24. The summed E-state index contributed by atoms with van der Waals surface area (Å²) in [6.07, 6.45) is 5.46. The lowest BCUT2D eigenvalue weighted by Crippen LogP contribution is -2.50. The smallest absolute Gasteiger partial charge is 0.328 e. The molecule has 3 aromatic heterocycles. The van der Waals surface area contributed by atoms with Crippen molar-refractivity contribution in [2.24, 2.45) is 0 Å². The number of anilines is 1. The molecule has 1 aliphatic heterocycles. The number of carboxylic acid groups (broad SMARTS) is 1. The van der Waals surface area contributed by atoms with Crippen molar-refractivity contribution < 1.29 is 14.7 Å². The molecule has 36 heavy (non-hydrogen) atoms. The van der Waals surface area contributed by atoms with Crippen molar-refractivity contribution in [2.75, 3.05) is 37.0 Å². The molecule has 4 heterocycles. The van der Waals surface area contributed by atoms with Gasteiger partial charge in [-0.1, -0.05) is 13.8 Å².